The number of nitrogens with one attached hydrogen (secondary N) is 2. The Kier molecular flexibility index (Phi) is 8.24. The number of carbonyl (C=O) groups excluding carboxylic acids is 2. The standard InChI is InChI=1S/C17H17N3O3.C7H4F4O/c1-18-16(21)11-4-2-5-12(10-11)17(22)20-13-7-9-23-14-6-3-8-19-15(13)14;8-5-3-1-2-4-6(5)12-7(9,10)11/h2-6,8,10,13H,7,9H2,1H3,(H,18,21)(H,20,22);1-4H. The van der Waals surface area contributed by atoms with Crippen molar-refractivity contribution in [3.63, 3.8) is 0 Å². The molecule has 0 saturated heterocycles. The fraction of sp³-hybridized carbons (Fsp3) is 0.208. The third-order valence-corrected chi connectivity index (χ3v) is 4.78. The number of alkyl halides is 3. The van der Waals surface area contributed by atoms with E-state index in [0.717, 1.165) is 17.8 Å². The van der Waals surface area contributed by atoms with Gasteiger partial charge >= 0.3 is 6.36 Å². The zero-order valence-electron chi connectivity index (χ0n) is 18.4. The van der Waals surface area contributed by atoms with Gasteiger partial charge in [-0.3, -0.25) is 14.6 Å². The zero-order valence-corrected chi connectivity index (χ0v) is 18.4. The average Bonchev–Trinajstić information content (AvgIpc) is 2.85. The van der Waals surface area contributed by atoms with E-state index in [4.69, 9.17) is 4.74 Å². The van der Waals surface area contributed by atoms with E-state index in [9.17, 15) is 27.2 Å². The number of hydrogen-bond donors (Lipinski definition) is 2. The summed E-state index contributed by atoms with van der Waals surface area (Å²) in [7, 11) is 1.56. The summed E-state index contributed by atoms with van der Waals surface area (Å²) >= 11 is 0. The summed E-state index contributed by atoms with van der Waals surface area (Å²) in [6.45, 7) is 0.530. The predicted octanol–water partition coefficient (Wildman–Crippen LogP) is 4.42. The lowest BCUT2D eigenvalue weighted by molar-refractivity contribution is -0.275. The smallest absolute Gasteiger partial charge is 0.491 e. The molecule has 2 heterocycles. The number of hydrogen-bond acceptors (Lipinski definition) is 5. The second kappa shape index (κ2) is 11.3. The van der Waals surface area contributed by atoms with Gasteiger partial charge in [0.05, 0.1) is 12.6 Å². The monoisotopic (exact) mass is 491 g/mol. The van der Waals surface area contributed by atoms with Crippen molar-refractivity contribution < 1.29 is 36.6 Å². The van der Waals surface area contributed by atoms with Crippen molar-refractivity contribution in [2.75, 3.05) is 13.7 Å². The van der Waals surface area contributed by atoms with Gasteiger partial charge in [-0.25, -0.2) is 4.39 Å². The maximum atomic E-state index is 12.5. The van der Waals surface area contributed by atoms with Crippen LogP contribution in [0.5, 0.6) is 11.5 Å². The zero-order chi connectivity index (χ0) is 25.4. The van der Waals surface area contributed by atoms with E-state index < -0.39 is 17.9 Å². The summed E-state index contributed by atoms with van der Waals surface area (Å²) in [5, 5.41) is 5.51. The van der Waals surface area contributed by atoms with Crippen LogP contribution in [0.3, 0.4) is 0 Å². The molecule has 1 unspecified atom stereocenters. The second-order valence-electron chi connectivity index (χ2n) is 7.19. The lowest BCUT2D eigenvalue weighted by Crippen LogP contribution is -2.33. The molecule has 2 amide bonds. The van der Waals surface area contributed by atoms with Gasteiger partial charge in [-0.05, 0) is 42.5 Å². The molecule has 7 nitrogen and oxygen atoms in total. The van der Waals surface area contributed by atoms with Crippen LogP contribution in [0.15, 0.2) is 66.9 Å². The molecular weight excluding hydrogens is 470 g/mol. The highest BCUT2D eigenvalue weighted by Gasteiger charge is 2.32. The van der Waals surface area contributed by atoms with Crippen molar-refractivity contribution in [2.24, 2.45) is 0 Å². The van der Waals surface area contributed by atoms with Gasteiger partial charge in [-0.2, -0.15) is 0 Å². The molecule has 3 aromatic rings. The number of benzene rings is 2. The number of pyridine rings is 1. The van der Waals surface area contributed by atoms with Gasteiger partial charge in [0.1, 0.15) is 11.4 Å². The van der Waals surface area contributed by atoms with Crippen molar-refractivity contribution in [3.8, 4) is 11.5 Å². The van der Waals surface area contributed by atoms with Gasteiger partial charge in [0.15, 0.2) is 11.6 Å². The van der Waals surface area contributed by atoms with Gasteiger partial charge in [0.25, 0.3) is 11.8 Å². The van der Waals surface area contributed by atoms with E-state index in [1.165, 1.54) is 12.1 Å². The van der Waals surface area contributed by atoms with Crippen molar-refractivity contribution in [1.29, 1.82) is 0 Å². The van der Waals surface area contributed by atoms with Crippen molar-refractivity contribution in [2.45, 2.75) is 18.8 Å². The largest absolute Gasteiger partial charge is 0.573 e. The Morgan fingerprint density at radius 1 is 1.03 bits per heavy atom. The fourth-order valence-corrected chi connectivity index (χ4v) is 3.19. The molecule has 1 aliphatic heterocycles. The highest BCUT2D eigenvalue weighted by Crippen LogP contribution is 2.29. The number of halogens is 4. The van der Waals surface area contributed by atoms with Crippen LogP contribution < -0.4 is 20.1 Å². The number of para-hydroxylation sites is 1. The molecule has 35 heavy (non-hydrogen) atoms. The number of ether oxygens (including phenoxy) is 2. The molecule has 1 aromatic heterocycles. The van der Waals surface area contributed by atoms with Crippen molar-refractivity contribution in [1.82, 2.24) is 15.6 Å². The molecule has 4 rings (SSSR count). The van der Waals surface area contributed by atoms with Gasteiger partial charge in [-0.15, -0.1) is 13.2 Å². The Morgan fingerprint density at radius 2 is 1.74 bits per heavy atom. The van der Waals surface area contributed by atoms with Crippen LogP contribution >= 0.6 is 0 Å². The molecule has 11 heteroatoms. The van der Waals surface area contributed by atoms with Crippen molar-refractivity contribution >= 4 is 11.8 Å². The van der Waals surface area contributed by atoms with Crippen LogP contribution in [0.25, 0.3) is 0 Å². The van der Waals surface area contributed by atoms with Crippen LogP contribution in [0.2, 0.25) is 0 Å². The summed E-state index contributed by atoms with van der Waals surface area (Å²) in [5.41, 5.74) is 1.62. The van der Waals surface area contributed by atoms with E-state index >= 15 is 0 Å². The summed E-state index contributed by atoms with van der Waals surface area (Å²) in [6.07, 6.45) is -2.51. The summed E-state index contributed by atoms with van der Waals surface area (Å²) < 4.78 is 56.0. The number of carbonyl (C=O) groups is 2. The maximum absolute atomic E-state index is 12.5. The Labute approximate surface area is 198 Å². The van der Waals surface area contributed by atoms with E-state index in [2.05, 4.69) is 20.4 Å². The van der Waals surface area contributed by atoms with Gasteiger partial charge in [0.2, 0.25) is 0 Å². The molecule has 0 fully saturated rings. The molecule has 184 valence electrons. The third kappa shape index (κ3) is 7.16. The molecule has 0 radical (unpaired) electrons. The number of amides is 2. The quantitative estimate of drug-likeness (QED) is 0.528. The molecule has 1 atom stereocenters. The highest BCUT2D eigenvalue weighted by molar-refractivity contribution is 5.99. The number of nitrogens with zero attached hydrogens (tertiary/aromatic N) is 1. The number of aromatic nitrogens is 1. The summed E-state index contributed by atoms with van der Waals surface area (Å²) in [6, 6.07) is 14.4. The summed E-state index contributed by atoms with van der Waals surface area (Å²) in [5.74, 6) is -1.61. The fourth-order valence-electron chi connectivity index (χ4n) is 3.19. The Morgan fingerprint density at radius 3 is 2.43 bits per heavy atom. The molecule has 2 N–H and O–H groups in total. The Hall–Kier alpha value is -4.15. The van der Waals surface area contributed by atoms with Crippen molar-refractivity contribution in [3.05, 3.63) is 89.5 Å². The maximum Gasteiger partial charge on any atom is 0.573 e. The first-order chi connectivity index (χ1) is 16.7. The first-order valence-corrected chi connectivity index (χ1v) is 10.4. The number of rotatable bonds is 4. The minimum absolute atomic E-state index is 0.198. The lowest BCUT2D eigenvalue weighted by atomic mass is 10.0. The van der Waals surface area contributed by atoms with E-state index in [1.54, 1.807) is 43.6 Å². The van der Waals surface area contributed by atoms with Crippen LogP contribution in [0, 0.1) is 5.82 Å². The Bertz CT molecular complexity index is 1190. The molecule has 0 aliphatic carbocycles. The molecule has 0 spiro atoms. The van der Waals surface area contributed by atoms with Gasteiger partial charge in [-0.1, -0.05) is 18.2 Å². The topological polar surface area (TPSA) is 89.6 Å². The van der Waals surface area contributed by atoms with E-state index in [-0.39, 0.29) is 17.9 Å². The molecule has 0 saturated carbocycles. The van der Waals surface area contributed by atoms with Crippen LogP contribution in [0.1, 0.15) is 38.9 Å². The lowest BCUT2D eigenvalue weighted by Gasteiger charge is -2.25. The van der Waals surface area contributed by atoms with Gasteiger partial charge in [0, 0.05) is 30.8 Å². The van der Waals surface area contributed by atoms with E-state index in [0.29, 0.717) is 29.9 Å². The third-order valence-electron chi connectivity index (χ3n) is 4.78. The van der Waals surface area contributed by atoms with Crippen LogP contribution in [-0.2, 0) is 0 Å². The normalized spacial score (nSPS) is 14.4. The molecule has 1 aliphatic rings. The predicted molar refractivity (Wildman–Crippen MR) is 117 cm³/mol. The summed E-state index contributed by atoms with van der Waals surface area (Å²) in [4.78, 5) is 28.4. The first-order valence-electron chi connectivity index (χ1n) is 10.4. The molecule has 2 aromatic carbocycles. The molecular formula is C24H21F4N3O4. The Balaban J connectivity index is 0.000000241. The van der Waals surface area contributed by atoms with E-state index in [1.807, 2.05) is 6.07 Å². The molecule has 0 bridgehead atoms. The second-order valence-corrected chi connectivity index (χ2v) is 7.19. The number of fused-ring (bicyclic) bond motifs is 1. The average molecular weight is 491 g/mol. The minimum atomic E-state index is -4.85. The SMILES string of the molecule is CNC(=O)c1cccc(C(=O)NC2CCOc3cccnc32)c1.Fc1ccccc1OC(F)(F)F. The van der Waals surface area contributed by atoms with Crippen LogP contribution in [0.4, 0.5) is 17.6 Å². The first kappa shape index (κ1) is 25.5. The van der Waals surface area contributed by atoms with Crippen LogP contribution in [-0.4, -0.2) is 36.8 Å². The highest BCUT2D eigenvalue weighted by atomic mass is 19.4. The minimum Gasteiger partial charge on any atom is -0.491 e. The van der Waals surface area contributed by atoms with Gasteiger partial charge < -0.3 is 20.1 Å².